The van der Waals surface area contributed by atoms with Gasteiger partial charge in [0, 0.05) is 17.8 Å². The first kappa shape index (κ1) is 19.6. The van der Waals surface area contributed by atoms with E-state index >= 15 is 0 Å². The summed E-state index contributed by atoms with van der Waals surface area (Å²) in [7, 11) is 1.56. The number of hydrogen-bond donors (Lipinski definition) is 1. The molecule has 1 aliphatic rings. The molecule has 0 aliphatic carbocycles. The first-order valence-corrected chi connectivity index (χ1v) is 9.82. The van der Waals surface area contributed by atoms with Gasteiger partial charge in [0.25, 0.3) is 11.8 Å². The maximum atomic E-state index is 13.6. The van der Waals surface area contributed by atoms with Crippen molar-refractivity contribution in [3.05, 3.63) is 83.7 Å². The number of para-hydroxylation sites is 3. The normalized spacial score (nSPS) is 15.5. The lowest BCUT2D eigenvalue weighted by atomic mass is 10.0. The number of ether oxygens (including phenoxy) is 1. The number of nitrogens with zero attached hydrogens (tertiary/aromatic N) is 2. The second-order valence-electron chi connectivity index (χ2n) is 7.35. The molecule has 1 aromatic heterocycles. The minimum atomic E-state index is -0.831. The fraction of sp³-hybridized carbons (Fsp3) is 0.208. The maximum Gasteiger partial charge on any atom is 0.294 e. The molecular weight excluding hydrogens is 378 g/mol. The van der Waals surface area contributed by atoms with Gasteiger partial charge < -0.3 is 10.1 Å². The van der Waals surface area contributed by atoms with Crippen LogP contribution in [0.15, 0.2) is 66.9 Å². The van der Waals surface area contributed by atoms with Crippen molar-refractivity contribution in [2.45, 2.75) is 26.4 Å². The van der Waals surface area contributed by atoms with E-state index in [-0.39, 0.29) is 18.4 Å². The molecule has 2 heterocycles. The number of aryl methyl sites for hydroxylation is 2. The lowest BCUT2D eigenvalue weighted by Crippen LogP contribution is -2.58. The average molecular weight is 402 g/mol. The molecule has 1 aliphatic heterocycles. The van der Waals surface area contributed by atoms with Crippen molar-refractivity contribution in [1.29, 1.82) is 0 Å². The molecule has 0 radical (unpaired) electrons. The molecule has 6 nitrogen and oxygen atoms in total. The molecule has 1 atom stereocenters. The van der Waals surface area contributed by atoms with E-state index in [1.54, 1.807) is 19.2 Å². The van der Waals surface area contributed by atoms with Gasteiger partial charge in [0.05, 0.1) is 12.8 Å². The summed E-state index contributed by atoms with van der Waals surface area (Å²) >= 11 is 0. The van der Waals surface area contributed by atoms with Crippen LogP contribution in [0.25, 0.3) is 0 Å². The van der Waals surface area contributed by atoms with Crippen LogP contribution in [0.5, 0.6) is 5.75 Å². The number of anilines is 2. The van der Waals surface area contributed by atoms with Gasteiger partial charge >= 0.3 is 0 Å². The summed E-state index contributed by atoms with van der Waals surface area (Å²) in [6, 6.07) is 17.9. The molecule has 3 aromatic rings. The number of hydrogen-bond acceptors (Lipinski definition) is 3. The van der Waals surface area contributed by atoms with Crippen LogP contribution in [-0.4, -0.2) is 18.9 Å². The summed E-state index contributed by atoms with van der Waals surface area (Å²) in [5.41, 5.74) is 4.02. The molecule has 0 fully saturated rings. The van der Waals surface area contributed by atoms with Crippen LogP contribution >= 0.6 is 0 Å². The molecule has 2 amide bonds. The minimum Gasteiger partial charge on any atom is -0.495 e. The van der Waals surface area contributed by atoms with Crippen molar-refractivity contribution in [2.75, 3.05) is 17.3 Å². The molecule has 0 spiro atoms. The van der Waals surface area contributed by atoms with Gasteiger partial charge in [-0.15, -0.1) is 0 Å². The SMILES string of the molecule is COc1ccccc1N1C(=O)C[n+]2ccccc2[C@H]1C(=O)Nc1c(C)cccc1C. The summed E-state index contributed by atoms with van der Waals surface area (Å²) in [5, 5.41) is 3.06. The molecule has 0 saturated carbocycles. The predicted octanol–water partition coefficient (Wildman–Crippen LogP) is 3.33. The van der Waals surface area contributed by atoms with Gasteiger partial charge in [-0.2, -0.15) is 4.57 Å². The Balaban J connectivity index is 1.83. The van der Waals surface area contributed by atoms with E-state index in [9.17, 15) is 9.59 Å². The largest absolute Gasteiger partial charge is 0.495 e. The zero-order valence-corrected chi connectivity index (χ0v) is 17.3. The number of amides is 2. The number of carbonyl (C=O) groups is 2. The molecule has 1 N–H and O–H groups in total. The Morgan fingerprint density at radius 1 is 1.03 bits per heavy atom. The third kappa shape index (κ3) is 3.41. The molecule has 30 heavy (non-hydrogen) atoms. The van der Waals surface area contributed by atoms with E-state index in [2.05, 4.69) is 5.32 Å². The second kappa shape index (κ2) is 7.99. The molecule has 6 heteroatoms. The number of carbonyl (C=O) groups excluding carboxylic acids is 2. The van der Waals surface area contributed by atoms with Gasteiger partial charge in [0.1, 0.15) is 5.75 Å². The highest BCUT2D eigenvalue weighted by Gasteiger charge is 2.44. The standard InChI is InChI=1S/C24H23N3O3/c1-16-9-8-10-17(2)22(16)25-24(29)23-19-12-6-7-14-26(19)15-21(28)27(23)18-11-4-5-13-20(18)30-3/h4-14,23H,15H2,1-3H3/p+1/t23-/m0/s1. The van der Waals surface area contributed by atoms with Crippen molar-refractivity contribution >= 4 is 23.2 Å². The number of aromatic nitrogens is 1. The lowest BCUT2D eigenvalue weighted by molar-refractivity contribution is -0.695. The van der Waals surface area contributed by atoms with E-state index in [4.69, 9.17) is 4.74 Å². The van der Waals surface area contributed by atoms with Gasteiger partial charge in [0.2, 0.25) is 18.3 Å². The molecule has 4 rings (SSSR count). The topological polar surface area (TPSA) is 62.5 Å². The Morgan fingerprint density at radius 3 is 2.47 bits per heavy atom. The van der Waals surface area contributed by atoms with Crippen LogP contribution in [0.3, 0.4) is 0 Å². The van der Waals surface area contributed by atoms with Crippen LogP contribution in [0, 0.1) is 13.8 Å². The Kier molecular flexibility index (Phi) is 5.23. The number of pyridine rings is 1. The monoisotopic (exact) mass is 402 g/mol. The summed E-state index contributed by atoms with van der Waals surface area (Å²) < 4.78 is 7.31. The molecule has 2 aromatic carbocycles. The van der Waals surface area contributed by atoms with E-state index < -0.39 is 6.04 Å². The predicted molar refractivity (Wildman–Crippen MR) is 114 cm³/mol. The third-order valence-electron chi connectivity index (χ3n) is 5.41. The molecule has 0 saturated heterocycles. The number of nitrogens with one attached hydrogen (secondary N) is 1. The lowest BCUT2D eigenvalue weighted by Gasteiger charge is -2.33. The quantitative estimate of drug-likeness (QED) is 0.681. The summed E-state index contributed by atoms with van der Waals surface area (Å²) in [5.74, 6) is 0.0938. The summed E-state index contributed by atoms with van der Waals surface area (Å²) in [6.45, 7) is 4.06. The second-order valence-corrected chi connectivity index (χ2v) is 7.35. The number of methoxy groups -OCH3 is 1. The summed E-state index contributed by atoms with van der Waals surface area (Å²) in [6.07, 6.45) is 1.83. The average Bonchev–Trinajstić information content (AvgIpc) is 2.75. The third-order valence-corrected chi connectivity index (χ3v) is 5.41. The Bertz CT molecular complexity index is 1110. The Labute approximate surface area is 175 Å². The molecule has 0 unspecified atom stereocenters. The van der Waals surface area contributed by atoms with Crippen LogP contribution in [-0.2, 0) is 16.1 Å². The molecular formula is C24H24N3O3+. The fourth-order valence-electron chi connectivity index (χ4n) is 3.94. The smallest absolute Gasteiger partial charge is 0.294 e. The van der Waals surface area contributed by atoms with Gasteiger partial charge in [-0.25, -0.2) is 0 Å². The highest BCUT2D eigenvalue weighted by atomic mass is 16.5. The zero-order valence-electron chi connectivity index (χ0n) is 17.3. The number of fused-ring (bicyclic) bond motifs is 1. The molecule has 152 valence electrons. The maximum absolute atomic E-state index is 13.6. The van der Waals surface area contributed by atoms with Crippen molar-refractivity contribution in [3.8, 4) is 5.75 Å². The zero-order chi connectivity index (χ0) is 21.3. The first-order valence-electron chi connectivity index (χ1n) is 9.82. The van der Waals surface area contributed by atoms with E-state index in [0.29, 0.717) is 11.4 Å². The van der Waals surface area contributed by atoms with Crippen molar-refractivity contribution < 1.29 is 18.9 Å². The van der Waals surface area contributed by atoms with Crippen molar-refractivity contribution in [1.82, 2.24) is 0 Å². The van der Waals surface area contributed by atoms with Gasteiger partial charge in [-0.05, 0) is 37.1 Å². The van der Waals surface area contributed by atoms with Gasteiger partial charge in [-0.3, -0.25) is 14.5 Å². The Morgan fingerprint density at radius 2 is 1.73 bits per heavy atom. The van der Waals surface area contributed by atoms with Crippen molar-refractivity contribution in [3.63, 3.8) is 0 Å². The summed E-state index contributed by atoms with van der Waals surface area (Å²) in [4.78, 5) is 28.3. The van der Waals surface area contributed by atoms with Crippen LogP contribution < -0.4 is 19.5 Å². The van der Waals surface area contributed by atoms with E-state index in [1.807, 2.05) is 73.1 Å². The van der Waals surface area contributed by atoms with Crippen LogP contribution in [0.2, 0.25) is 0 Å². The van der Waals surface area contributed by atoms with Crippen LogP contribution in [0.1, 0.15) is 22.9 Å². The highest BCUT2D eigenvalue weighted by Crippen LogP contribution is 2.36. The van der Waals surface area contributed by atoms with E-state index in [1.165, 1.54) is 4.90 Å². The van der Waals surface area contributed by atoms with Crippen molar-refractivity contribution in [2.24, 2.45) is 0 Å². The fourth-order valence-corrected chi connectivity index (χ4v) is 3.94. The van der Waals surface area contributed by atoms with Crippen LogP contribution in [0.4, 0.5) is 11.4 Å². The van der Waals surface area contributed by atoms with Gasteiger partial charge in [-0.1, -0.05) is 36.4 Å². The molecule has 0 bridgehead atoms. The highest BCUT2D eigenvalue weighted by molar-refractivity contribution is 6.06. The first-order chi connectivity index (χ1) is 14.5. The Hall–Kier alpha value is -3.67. The van der Waals surface area contributed by atoms with E-state index in [0.717, 1.165) is 22.5 Å². The number of benzene rings is 2. The number of rotatable bonds is 4. The minimum absolute atomic E-state index is 0.154. The van der Waals surface area contributed by atoms with Gasteiger partial charge in [0.15, 0.2) is 6.20 Å².